The molecule has 1 aromatic rings. The van der Waals surface area contributed by atoms with Crippen molar-refractivity contribution in [1.82, 2.24) is 5.32 Å². The highest BCUT2D eigenvalue weighted by atomic mass is 16.5. The minimum atomic E-state index is -0.194. The third kappa shape index (κ3) is 3.29. The van der Waals surface area contributed by atoms with Gasteiger partial charge in [0.15, 0.2) is 0 Å². The van der Waals surface area contributed by atoms with Gasteiger partial charge in [-0.25, -0.2) is 0 Å². The van der Waals surface area contributed by atoms with Crippen molar-refractivity contribution >= 4 is 11.7 Å². The average Bonchev–Trinajstić information content (AvgIpc) is 2.48. The molecule has 0 aliphatic heterocycles. The number of nitrogens with one attached hydrogen (secondary N) is 1. The fourth-order valence-electron chi connectivity index (χ4n) is 2.34. The highest BCUT2D eigenvalue weighted by molar-refractivity contribution is 5.97. The van der Waals surface area contributed by atoms with Gasteiger partial charge in [0.2, 0.25) is 0 Å². The predicted molar refractivity (Wildman–Crippen MR) is 74.3 cm³/mol. The molecule has 0 atom stereocenters. The van der Waals surface area contributed by atoms with E-state index in [9.17, 15) is 9.59 Å². The Morgan fingerprint density at radius 2 is 1.90 bits per heavy atom. The van der Waals surface area contributed by atoms with E-state index in [2.05, 4.69) is 5.32 Å². The Kier molecular flexibility index (Phi) is 4.61. The number of rotatable bonds is 4. The fourth-order valence-corrected chi connectivity index (χ4v) is 2.34. The van der Waals surface area contributed by atoms with Crippen LogP contribution < -0.4 is 14.8 Å². The molecule has 0 radical (unpaired) electrons. The molecular weight excluding hydrogens is 258 g/mol. The summed E-state index contributed by atoms with van der Waals surface area (Å²) in [5, 5.41) is 2.96. The van der Waals surface area contributed by atoms with Gasteiger partial charge in [0.1, 0.15) is 17.3 Å². The minimum Gasteiger partial charge on any atom is -0.497 e. The standard InChI is InChI=1S/C15H19NO4/c1-19-12-7-8-14(20-2)13(9-12)15(18)16-10-3-5-11(17)6-4-10/h7-10H,3-6H2,1-2H3,(H,16,18). The zero-order valence-corrected chi connectivity index (χ0v) is 11.8. The Morgan fingerprint density at radius 1 is 1.20 bits per heavy atom. The van der Waals surface area contributed by atoms with E-state index in [0.717, 1.165) is 0 Å². The van der Waals surface area contributed by atoms with Crippen LogP contribution in [0.2, 0.25) is 0 Å². The summed E-state index contributed by atoms with van der Waals surface area (Å²) < 4.78 is 10.3. The summed E-state index contributed by atoms with van der Waals surface area (Å²) in [5.74, 6) is 1.19. The summed E-state index contributed by atoms with van der Waals surface area (Å²) in [4.78, 5) is 23.5. The lowest BCUT2D eigenvalue weighted by molar-refractivity contribution is -0.120. The first-order valence-corrected chi connectivity index (χ1v) is 6.68. The van der Waals surface area contributed by atoms with Crippen LogP contribution in [0.3, 0.4) is 0 Å². The molecule has 5 heteroatoms. The van der Waals surface area contributed by atoms with E-state index in [-0.39, 0.29) is 17.7 Å². The minimum absolute atomic E-state index is 0.0520. The van der Waals surface area contributed by atoms with Crippen LogP contribution in [0, 0.1) is 0 Å². The third-order valence-electron chi connectivity index (χ3n) is 3.53. The van der Waals surface area contributed by atoms with Crippen LogP contribution in [0.1, 0.15) is 36.0 Å². The zero-order valence-electron chi connectivity index (χ0n) is 11.8. The van der Waals surface area contributed by atoms with Crippen molar-refractivity contribution in [2.24, 2.45) is 0 Å². The molecule has 5 nitrogen and oxygen atoms in total. The van der Waals surface area contributed by atoms with Gasteiger partial charge in [0.05, 0.1) is 19.8 Å². The highest BCUT2D eigenvalue weighted by Crippen LogP contribution is 2.24. The maximum atomic E-state index is 12.3. The van der Waals surface area contributed by atoms with Gasteiger partial charge in [-0.1, -0.05) is 0 Å². The van der Waals surface area contributed by atoms with Crippen molar-refractivity contribution in [2.75, 3.05) is 14.2 Å². The van der Waals surface area contributed by atoms with Gasteiger partial charge in [0, 0.05) is 18.9 Å². The second-order valence-corrected chi connectivity index (χ2v) is 4.85. The Bertz CT molecular complexity index is 503. The number of carbonyl (C=O) groups excluding carboxylic acids is 2. The van der Waals surface area contributed by atoms with E-state index >= 15 is 0 Å². The van der Waals surface area contributed by atoms with Crippen LogP contribution in [0.4, 0.5) is 0 Å². The lowest BCUT2D eigenvalue weighted by Crippen LogP contribution is -2.37. The van der Waals surface area contributed by atoms with Crippen molar-refractivity contribution in [3.8, 4) is 11.5 Å². The molecule has 2 rings (SSSR count). The third-order valence-corrected chi connectivity index (χ3v) is 3.53. The zero-order chi connectivity index (χ0) is 14.5. The number of hydrogen-bond acceptors (Lipinski definition) is 4. The van der Waals surface area contributed by atoms with Crippen molar-refractivity contribution in [2.45, 2.75) is 31.7 Å². The number of ether oxygens (including phenoxy) is 2. The first kappa shape index (κ1) is 14.4. The molecular formula is C15H19NO4. The Hall–Kier alpha value is -2.04. The lowest BCUT2D eigenvalue weighted by Gasteiger charge is -2.22. The van der Waals surface area contributed by atoms with Crippen molar-refractivity contribution in [1.29, 1.82) is 0 Å². The highest BCUT2D eigenvalue weighted by Gasteiger charge is 2.22. The predicted octanol–water partition coefficient (Wildman–Crippen LogP) is 1.95. The van der Waals surface area contributed by atoms with E-state index in [1.54, 1.807) is 25.3 Å². The molecule has 1 fully saturated rings. The number of methoxy groups -OCH3 is 2. The van der Waals surface area contributed by atoms with Gasteiger partial charge < -0.3 is 14.8 Å². The van der Waals surface area contributed by atoms with Gasteiger partial charge in [-0.15, -0.1) is 0 Å². The quantitative estimate of drug-likeness (QED) is 0.913. The monoisotopic (exact) mass is 277 g/mol. The Balaban J connectivity index is 2.09. The van der Waals surface area contributed by atoms with Crippen molar-refractivity contribution in [3.05, 3.63) is 23.8 Å². The molecule has 108 valence electrons. The van der Waals surface area contributed by atoms with Crippen LogP contribution in [-0.2, 0) is 4.79 Å². The summed E-state index contributed by atoms with van der Waals surface area (Å²) in [5.41, 5.74) is 0.448. The summed E-state index contributed by atoms with van der Waals surface area (Å²) in [6.07, 6.45) is 2.49. The molecule has 1 aromatic carbocycles. The number of Topliss-reactive ketones (excluding diaryl/α,β-unsaturated/α-hetero) is 1. The molecule has 1 aliphatic rings. The fraction of sp³-hybridized carbons (Fsp3) is 0.467. The number of carbonyl (C=O) groups is 2. The molecule has 1 N–H and O–H groups in total. The second-order valence-electron chi connectivity index (χ2n) is 4.85. The van der Waals surface area contributed by atoms with Crippen molar-refractivity contribution in [3.63, 3.8) is 0 Å². The van der Waals surface area contributed by atoms with Crippen LogP contribution in [-0.4, -0.2) is 32.0 Å². The molecule has 1 amide bonds. The number of amides is 1. The van der Waals surface area contributed by atoms with Crippen LogP contribution in [0.15, 0.2) is 18.2 Å². The maximum Gasteiger partial charge on any atom is 0.255 e. The first-order chi connectivity index (χ1) is 9.63. The van der Waals surface area contributed by atoms with E-state index in [1.807, 2.05) is 0 Å². The summed E-state index contributed by atoms with van der Waals surface area (Å²) in [6.45, 7) is 0. The number of ketones is 1. The van der Waals surface area contributed by atoms with Gasteiger partial charge in [-0.05, 0) is 31.0 Å². The van der Waals surface area contributed by atoms with E-state index in [0.29, 0.717) is 42.7 Å². The molecule has 1 aliphatic carbocycles. The molecule has 0 unspecified atom stereocenters. The summed E-state index contributed by atoms with van der Waals surface area (Å²) >= 11 is 0. The topological polar surface area (TPSA) is 64.6 Å². The summed E-state index contributed by atoms with van der Waals surface area (Å²) in [7, 11) is 3.08. The summed E-state index contributed by atoms with van der Waals surface area (Å²) in [6, 6.07) is 5.16. The van der Waals surface area contributed by atoms with Gasteiger partial charge in [-0.3, -0.25) is 9.59 Å². The molecule has 0 saturated heterocycles. The maximum absolute atomic E-state index is 12.3. The Labute approximate surface area is 118 Å². The Morgan fingerprint density at radius 3 is 2.50 bits per heavy atom. The van der Waals surface area contributed by atoms with E-state index in [4.69, 9.17) is 9.47 Å². The molecule has 0 aromatic heterocycles. The van der Waals surface area contributed by atoms with Gasteiger partial charge in [0.25, 0.3) is 5.91 Å². The molecule has 20 heavy (non-hydrogen) atoms. The van der Waals surface area contributed by atoms with Gasteiger partial charge in [-0.2, -0.15) is 0 Å². The first-order valence-electron chi connectivity index (χ1n) is 6.68. The normalized spacial score (nSPS) is 15.8. The molecule has 0 spiro atoms. The molecule has 0 heterocycles. The van der Waals surface area contributed by atoms with Crippen LogP contribution >= 0.6 is 0 Å². The largest absolute Gasteiger partial charge is 0.497 e. The lowest BCUT2D eigenvalue weighted by atomic mass is 9.94. The molecule has 1 saturated carbocycles. The van der Waals surface area contributed by atoms with E-state index in [1.165, 1.54) is 7.11 Å². The number of hydrogen-bond donors (Lipinski definition) is 1. The van der Waals surface area contributed by atoms with Crippen molar-refractivity contribution < 1.29 is 19.1 Å². The smallest absolute Gasteiger partial charge is 0.255 e. The van der Waals surface area contributed by atoms with Gasteiger partial charge >= 0.3 is 0 Å². The van der Waals surface area contributed by atoms with E-state index < -0.39 is 0 Å². The molecule has 0 bridgehead atoms. The van der Waals surface area contributed by atoms with Crippen LogP contribution in [0.5, 0.6) is 11.5 Å². The van der Waals surface area contributed by atoms with Crippen LogP contribution in [0.25, 0.3) is 0 Å². The SMILES string of the molecule is COc1ccc(OC)c(C(=O)NC2CCC(=O)CC2)c1. The number of benzene rings is 1. The average molecular weight is 277 g/mol. The second kappa shape index (κ2) is 6.41.